The molecular weight excluding hydrogens is 338 g/mol. The highest BCUT2D eigenvalue weighted by Gasteiger charge is 2.49. The van der Waals surface area contributed by atoms with Crippen molar-refractivity contribution in [3.63, 3.8) is 0 Å². The van der Waals surface area contributed by atoms with Crippen molar-refractivity contribution in [1.82, 2.24) is 5.32 Å². The number of nitrogens with one attached hydrogen (secondary N) is 1. The molecule has 22 heavy (non-hydrogen) atoms. The van der Waals surface area contributed by atoms with Crippen LogP contribution >= 0.6 is 15.9 Å². The van der Waals surface area contributed by atoms with E-state index < -0.39 is 0 Å². The Kier molecular flexibility index (Phi) is 3.80. The van der Waals surface area contributed by atoms with Crippen LogP contribution in [0.5, 0.6) is 0 Å². The summed E-state index contributed by atoms with van der Waals surface area (Å²) in [6.45, 7) is 2.22. The summed E-state index contributed by atoms with van der Waals surface area (Å²) in [5.74, 6) is 4.44. The fourth-order valence-corrected chi connectivity index (χ4v) is 6.27. The van der Waals surface area contributed by atoms with Crippen molar-refractivity contribution in [2.24, 2.45) is 29.6 Å². The normalized spacial score (nSPS) is 37.1. The van der Waals surface area contributed by atoms with Gasteiger partial charge in [0.15, 0.2) is 0 Å². The molecule has 4 aliphatic rings. The number of carbonyl (C=O) groups excluding carboxylic acids is 1. The van der Waals surface area contributed by atoms with Gasteiger partial charge in [0.25, 0.3) is 5.91 Å². The lowest BCUT2D eigenvalue weighted by Crippen LogP contribution is -2.53. The Balaban J connectivity index is 1.47. The van der Waals surface area contributed by atoms with E-state index in [0.29, 0.717) is 5.92 Å². The van der Waals surface area contributed by atoms with Crippen LogP contribution in [0.1, 0.15) is 49.4 Å². The molecule has 4 fully saturated rings. The third-order valence-electron chi connectivity index (χ3n) is 6.35. The third-order valence-corrected chi connectivity index (χ3v) is 7.05. The van der Waals surface area contributed by atoms with Gasteiger partial charge < -0.3 is 5.32 Å². The van der Waals surface area contributed by atoms with Gasteiger partial charge in [0.2, 0.25) is 0 Å². The van der Waals surface area contributed by atoms with Crippen molar-refractivity contribution >= 4 is 21.8 Å². The van der Waals surface area contributed by atoms with Gasteiger partial charge in [-0.15, -0.1) is 0 Å². The van der Waals surface area contributed by atoms with Gasteiger partial charge in [-0.05, 0) is 96.7 Å². The summed E-state index contributed by atoms with van der Waals surface area (Å²) >= 11 is 3.48. The Bertz CT molecular complexity index is 557. The number of hydrogen-bond donors (Lipinski definition) is 1. The molecule has 1 aromatic carbocycles. The maximum Gasteiger partial charge on any atom is 0.252 e. The molecule has 1 aromatic rings. The van der Waals surface area contributed by atoms with Crippen LogP contribution in [0.3, 0.4) is 0 Å². The lowest BCUT2D eigenvalue weighted by Gasteiger charge is -2.56. The van der Waals surface area contributed by atoms with E-state index in [4.69, 9.17) is 0 Å². The SMILES string of the molecule is C[C@H](NC(=O)c1ccccc1Br)C1C2CC3CC(C2)CC1C3. The molecule has 4 aliphatic carbocycles. The molecule has 0 heterocycles. The second kappa shape index (κ2) is 5.67. The summed E-state index contributed by atoms with van der Waals surface area (Å²) in [6, 6.07) is 7.98. The maximum absolute atomic E-state index is 12.6. The molecule has 1 atom stereocenters. The van der Waals surface area contributed by atoms with E-state index in [1.54, 1.807) is 0 Å². The number of benzene rings is 1. The number of rotatable bonds is 3. The lowest BCUT2D eigenvalue weighted by atomic mass is 9.50. The Morgan fingerprint density at radius 2 is 1.68 bits per heavy atom. The molecule has 118 valence electrons. The Labute approximate surface area is 141 Å². The van der Waals surface area contributed by atoms with E-state index >= 15 is 0 Å². The zero-order chi connectivity index (χ0) is 15.3. The average Bonchev–Trinajstić information content (AvgIpc) is 2.46. The van der Waals surface area contributed by atoms with Crippen LogP contribution in [-0.4, -0.2) is 11.9 Å². The minimum atomic E-state index is 0.0637. The summed E-state index contributed by atoms with van der Waals surface area (Å²) in [4.78, 5) is 12.6. The van der Waals surface area contributed by atoms with Gasteiger partial charge in [0.1, 0.15) is 0 Å². The molecule has 0 radical (unpaired) electrons. The fraction of sp³-hybridized carbons (Fsp3) is 0.632. The van der Waals surface area contributed by atoms with Crippen molar-refractivity contribution in [1.29, 1.82) is 0 Å². The van der Waals surface area contributed by atoms with Crippen LogP contribution in [0.4, 0.5) is 0 Å². The van der Waals surface area contributed by atoms with Gasteiger partial charge in [0, 0.05) is 10.5 Å². The Morgan fingerprint density at radius 1 is 1.09 bits per heavy atom. The second-order valence-electron chi connectivity index (χ2n) is 7.75. The molecular formula is C19H24BrNO. The zero-order valence-electron chi connectivity index (χ0n) is 13.1. The topological polar surface area (TPSA) is 29.1 Å². The van der Waals surface area contributed by atoms with E-state index in [1.165, 1.54) is 32.1 Å². The highest BCUT2D eigenvalue weighted by atomic mass is 79.9. The lowest BCUT2D eigenvalue weighted by molar-refractivity contribution is -0.0480. The molecule has 0 saturated heterocycles. The number of carbonyl (C=O) groups is 1. The van der Waals surface area contributed by atoms with Crippen molar-refractivity contribution in [2.45, 2.75) is 45.1 Å². The van der Waals surface area contributed by atoms with E-state index in [0.717, 1.165) is 33.7 Å². The first-order chi connectivity index (χ1) is 10.6. The summed E-state index contributed by atoms with van der Waals surface area (Å²) in [6.07, 6.45) is 7.12. The summed E-state index contributed by atoms with van der Waals surface area (Å²) in [7, 11) is 0. The summed E-state index contributed by atoms with van der Waals surface area (Å²) < 4.78 is 0.879. The van der Waals surface area contributed by atoms with E-state index in [-0.39, 0.29) is 11.9 Å². The monoisotopic (exact) mass is 361 g/mol. The molecule has 0 aliphatic heterocycles. The quantitative estimate of drug-likeness (QED) is 0.834. The molecule has 3 heteroatoms. The standard InChI is InChI=1S/C19H24BrNO/c1-11(21-19(22)16-4-2-3-5-17(16)20)18-14-7-12-6-13(9-14)10-15(18)8-12/h2-5,11-15,18H,6-10H2,1H3,(H,21,22)/t11-,12?,13?,14?,15?,18?/m0/s1. The molecule has 4 bridgehead atoms. The minimum absolute atomic E-state index is 0.0637. The summed E-state index contributed by atoms with van der Waals surface area (Å²) in [5, 5.41) is 3.30. The molecule has 0 spiro atoms. The zero-order valence-corrected chi connectivity index (χ0v) is 14.7. The van der Waals surface area contributed by atoms with Crippen molar-refractivity contribution in [3.8, 4) is 0 Å². The van der Waals surface area contributed by atoms with Crippen LogP contribution < -0.4 is 5.32 Å². The van der Waals surface area contributed by atoms with Crippen LogP contribution in [0.2, 0.25) is 0 Å². The van der Waals surface area contributed by atoms with E-state index in [1.807, 2.05) is 24.3 Å². The van der Waals surface area contributed by atoms with E-state index in [9.17, 15) is 4.79 Å². The Hall–Kier alpha value is -0.830. The largest absolute Gasteiger partial charge is 0.349 e. The van der Waals surface area contributed by atoms with Crippen LogP contribution in [0.25, 0.3) is 0 Å². The van der Waals surface area contributed by atoms with Gasteiger partial charge >= 0.3 is 0 Å². The smallest absolute Gasteiger partial charge is 0.252 e. The van der Waals surface area contributed by atoms with Crippen LogP contribution in [0, 0.1) is 29.6 Å². The van der Waals surface area contributed by atoms with Crippen molar-refractivity contribution < 1.29 is 4.79 Å². The van der Waals surface area contributed by atoms with Crippen molar-refractivity contribution in [2.75, 3.05) is 0 Å². The first-order valence-electron chi connectivity index (χ1n) is 8.67. The molecule has 2 nitrogen and oxygen atoms in total. The van der Waals surface area contributed by atoms with Gasteiger partial charge in [-0.25, -0.2) is 0 Å². The van der Waals surface area contributed by atoms with Gasteiger partial charge in [-0.1, -0.05) is 12.1 Å². The predicted octanol–water partition coefficient (Wildman–Crippen LogP) is 4.64. The van der Waals surface area contributed by atoms with Gasteiger partial charge in [-0.3, -0.25) is 4.79 Å². The third kappa shape index (κ3) is 2.51. The first kappa shape index (κ1) is 14.7. The van der Waals surface area contributed by atoms with E-state index in [2.05, 4.69) is 28.2 Å². The number of amides is 1. The first-order valence-corrected chi connectivity index (χ1v) is 9.46. The highest BCUT2D eigenvalue weighted by molar-refractivity contribution is 9.10. The molecule has 1 amide bonds. The van der Waals surface area contributed by atoms with Gasteiger partial charge in [0.05, 0.1) is 5.56 Å². The van der Waals surface area contributed by atoms with Crippen LogP contribution in [0.15, 0.2) is 28.7 Å². The summed E-state index contributed by atoms with van der Waals surface area (Å²) in [5.41, 5.74) is 0.748. The van der Waals surface area contributed by atoms with Crippen molar-refractivity contribution in [3.05, 3.63) is 34.3 Å². The van der Waals surface area contributed by atoms with Crippen LogP contribution in [-0.2, 0) is 0 Å². The second-order valence-corrected chi connectivity index (χ2v) is 8.60. The maximum atomic E-state index is 12.6. The Morgan fingerprint density at radius 3 is 2.27 bits per heavy atom. The molecule has 5 rings (SSSR count). The molecule has 4 saturated carbocycles. The molecule has 0 unspecified atom stereocenters. The number of halogens is 1. The average molecular weight is 362 g/mol. The predicted molar refractivity (Wildman–Crippen MR) is 91.6 cm³/mol. The van der Waals surface area contributed by atoms with Gasteiger partial charge in [-0.2, -0.15) is 0 Å². The molecule has 0 aromatic heterocycles. The minimum Gasteiger partial charge on any atom is -0.349 e. The number of hydrogen-bond acceptors (Lipinski definition) is 1. The highest BCUT2D eigenvalue weighted by Crippen LogP contribution is 2.57. The molecule has 1 N–H and O–H groups in total. The fourth-order valence-electron chi connectivity index (χ4n) is 5.81.